The van der Waals surface area contributed by atoms with Crippen molar-refractivity contribution in [2.24, 2.45) is 13.0 Å². The van der Waals surface area contributed by atoms with Crippen molar-refractivity contribution in [2.45, 2.75) is 20.8 Å². The van der Waals surface area contributed by atoms with Gasteiger partial charge in [0.1, 0.15) is 5.69 Å². The fourth-order valence-electron chi connectivity index (χ4n) is 1.77. The van der Waals surface area contributed by atoms with Crippen LogP contribution in [0.3, 0.4) is 0 Å². The van der Waals surface area contributed by atoms with Crippen molar-refractivity contribution in [3.05, 3.63) is 11.4 Å². The maximum atomic E-state index is 12.3. The van der Waals surface area contributed by atoms with Crippen LogP contribution in [-0.2, 0) is 11.8 Å². The van der Waals surface area contributed by atoms with Crippen molar-refractivity contribution in [3.8, 4) is 0 Å². The molecule has 0 aliphatic rings. The third-order valence-electron chi connectivity index (χ3n) is 2.91. The second-order valence-electron chi connectivity index (χ2n) is 5.33. The Balaban J connectivity index is 2.70. The van der Waals surface area contributed by atoms with Crippen LogP contribution < -0.4 is 11.1 Å². The van der Waals surface area contributed by atoms with Crippen LogP contribution >= 0.6 is 0 Å². The van der Waals surface area contributed by atoms with Gasteiger partial charge in [-0.3, -0.25) is 14.3 Å². The Morgan fingerprint density at radius 3 is 2.50 bits per heavy atom. The average Bonchev–Trinajstić information content (AvgIpc) is 2.60. The van der Waals surface area contributed by atoms with Crippen LogP contribution in [0.15, 0.2) is 0 Å². The molecule has 1 heterocycles. The number of nitrogens with zero attached hydrogens (tertiary/aromatic N) is 3. The van der Waals surface area contributed by atoms with Crippen molar-refractivity contribution in [1.82, 2.24) is 20.0 Å². The molecule has 1 rings (SSSR count). The van der Waals surface area contributed by atoms with Gasteiger partial charge in [0.15, 0.2) is 0 Å². The molecule has 0 saturated heterocycles. The fraction of sp³-hybridized carbons (Fsp3) is 0.615. The molecule has 0 atom stereocenters. The van der Waals surface area contributed by atoms with Crippen LogP contribution in [0.25, 0.3) is 0 Å². The van der Waals surface area contributed by atoms with Gasteiger partial charge in [0.2, 0.25) is 5.91 Å². The first kappa shape index (κ1) is 16.0. The van der Waals surface area contributed by atoms with E-state index < -0.39 is 0 Å². The molecule has 0 radical (unpaired) electrons. The first-order valence-electron chi connectivity index (χ1n) is 6.55. The molecule has 7 heteroatoms. The fourth-order valence-corrected chi connectivity index (χ4v) is 1.77. The summed E-state index contributed by atoms with van der Waals surface area (Å²) in [6.07, 6.45) is 0. The number of aromatic nitrogens is 2. The van der Waals surface area contributed by atoms with Crippen molar-refractivity contribution >= 4 is 17.5 Å². The number of rotatable bonds is 5. The molecule has 0 aromatic carbocycles. The van der Waals surface area contributed by atoms with Crippen molar-refractivity contribution < 1.29 is 9.59 Å². The second-order valence-corrected chi connectivity index (χ2v) is 5.33. The first-order valence-corrected chi connectivity index (χ1v) is 6.55. The number of carbonyl (C=O) groups excluding carboxylic acids is 2. The van der Waals surface area contributed by atoms with E-state index in [0.717, 1.165) is 0 Å². The predicted molar refractivity (Wildman–Crippen MR) is 77.2 cm³/mol. The molecule has 0 saturated carbocycles. The number of carbonyl (C=O) groups is 2. The van der Waals surface area contributed by atoms with Gasteiger partial charge in [-0.25, -0.2) is 0 Å². The van der Waals surface area contributed by atoms with Crippen LogP contribution in [0.1, 0.15) is 30.0 Å². The molecule has 1 aromatic heterocycles. The van der Waals surface area contributed by atoms with E-state index in [1.54, 1.807) is 21.0 Å². The maximum absolute atomic E-state index is 12.3. The van der Waals surface area contributed by atoms with Crippen LogP contribution in [-0.4, -0.2) is 46.6 Å². The molecule has 0 fully saturated rings. The van der Waals surface area contributed by atoms with E-state index in [1.165, 1.54) is 9.58 Å². The number of likely N-dealkylation sites (N-methyl/N-ethyl adjacent to an activating group) is 1. The summed E-state index contributed by atoms with van der Waals surface area (Å²) >= 11 is 0. The van der Waals surface area contributed by atoms with E-state index in [1.807, 2.05) is 13.8 Å². The van der Waals surface area contributed by atoms with E-state index >= 15 is 0 Å². The van der Waals surface area contributed by atoms with E-state index in [9.17, 15) is 9.59 Å². The van der Waals surface area contributed by atoms with Gasteiger partial charge in [-0.1, -0.05) is 13.8 Å². The first-order chi connectivity index (χ1) is 9.23. The number of nitrogen functional groups attached to an aromatic ring is 1. The molecule has 0 spiro atoms. The zero-order valence-corrected chi connectivity index (χ0v) is 12.7. The number of aryl methyl sites for hydroxylation is 2. The summed E-state index contributed by atoms with van der Waals surface area (Å²) in [5, 5.41) is 6.86. The lowest BCUT2D eigenvalue weighted by Gasteiger charge is -2.17. The quantitative estimate of drug-likeness (QED) is 0.803. The monoisotopic (exact) mass is 281 g/mol. The number of amides is 2. The number of anilines is 1. The largest absolute Gasteiger partial charge is 0.395 e. The molecule has 20 heavy (non-hydrogen) atoms. The Morgan fingerprint density at radius 1 is 1.45 bits per heavy atom. The smallest absolute Gasteiger partial charge is 0.274 e. The van der Waals surface area contributed by atoms with E-state index in [-0.39, 0.29) is 18.4 Å². The Hall–Kier alpha value is -2.05. The highest BCUT2D eigenvalue weighted by Crippen LogP contribution is 2.16. The summed E-state index contributed by atoms with van der Waals surface area (Å²) in [4.78, 5) is 25.3. The highest BCUT2D eigenvalue weighted by molar-refractivity contribution is 5.99. The Labute approximate surface area is 119 Å². The molecular weight excluding hydrogens is 258 g/mol. The number of hydrogen-bond donors (Lipinski definition) is 2. The Bertz CT molecular complexity index is 507. The predicted octanol–water partition coefficient (Wildman–Crippen LogP) is 0.155. The lowest BCUT2D eigenvalue weighted by molar-refractivity contribution is -0.121. The molecule has 0 unspecified atom stereocenters. The highest BCUT2D eigenvalue weighted by atomic mass is 16.2. The summed E-state index contributed by atoms with van der Waals surface area (Å²) in [5.41, 5.74) is 7.11. The van der Waals surface area contributed by atoms with Crippen molar-refractivity contribution in [2.75, 3.05) is 25.9 Å². The molecule has 2 amide bonds. The summed E-state index contributed by atoms with van der Waals surface area (Å²) in [5.74, 6) is -0.132. The normalized spacial score (nSPS) is 10.7. The molecule has 7 nitrogen and oxygen atoms in total. The molecule has 112 valence electrons. The lowest BCUT2D eigenvalue weighted by Crippen LogP contribution is -2.40. The number of nitrogens with one attached hydrogen (secondary N) is 1. The zero-order chi connectivity index (χ0) is 15.4. The standard InChI is InChI=1S/C13H23N5O2/c1-8(2)6-15-10(19)7-17(4)13(20)12-11(14)9(3)16-18(12)5/h8H,6-7,14H2,1-5H3,(H,15,19). The van der Waals surface area contributed by atoms with Gasteiger partial charge < -0.3 is 16.0 Å². The Morgan fingerprint density at radius 2 is 2.05 bits per heavy atom. The summed E-state index contributed by atoms with van der Waals surface area (Å²) in [7, 11) is 3.22. The third-order valence-corrected chi connectivity index (χ3v) is 2.91. The minimum absolute atomic E-state index is 0.00474. The minimum Gasteiger partial charge on any atom is -0.395 e. The molecule has 0 aliphatic heterocycles. The Kier molecular flexibility index (Phi) is 5.12. The molecule has 0 bridgehead atoms. The SMILES string of the molecule is Cc1nn(C)c(C(=O)N(C)CC(=O)NCC(C)C)c1N. The van der Waals surface area contributed by atoms with Crippen LogP contribution in [0.5, 0.6) is 0 Å². The van der Waals surface area contributed by atoms with Crippen molar-refractivity contribution in [3.63, 3.8) is 0 Å². The average molecular weight is 281 g/mol. The van der Waals surface area contributed by atoms with Gasteiger partial charge in [0.05, 0.1) is 17.9 Å². The van der Waals surface area contributed by atoms with Gasteiger partial charge in [-0.15, -0.1) is 0 Å². The highest BCUT2D eigenvalue weighted by Gasteiger charge is 2.22. The van der Waals surface area contributed by atoms with Gasteiger partial charge in [-0.05, 0) is 12.8 Å². The topological polar surface area (TPSA) is 93.2 Å². The second kappa shape index (κ2) is 6.40. The maximum Gasteiger partial charge on any atom is 0.274 e. The van der Waals surface area contributed by atoms with Gasteiger partial charge in [0, 0.05) is 20.6 Å². The summed E-state index contributed by atoms with van der Waals surface area (Å²) in [6, 6.07) is 0. The summed E-state index contributed by atoms with van der Waals surface area (Å²) in [6.45, 7) is 6.34. The summed E-state index contributed by atoms with van der Waals surface area (Å²) < 4.78 is 1.44. The molecular formula is C13H23N5O2. The van der Waals surface area contributed by atoms with Crippen LogP contribution in [0.2, 0.25) is 0 Å². The zero-order valence-electron chi connectivity index (χ0n) is 12.7. The molecule has 3 N–H and O–H groups in total. The third kappa shape index (κ3) is 3.72. The van der Waals surface area contributed by atoms with Crippen molar-refractivity contribution in [1.29, 1.82) is 0 Å². The lowest BCUT2D eigenvalue weighted by atomic mass is 10.2. The molecule has 1 aromatic rings. The van der Waals surface area contributed by atoms with E-state index in [0.29, 0.717) is 29.5 Å². The van der Waals surface area contributed by atoms with Gasteiger partial charge >= 0.3 is 0 Å². The van der Waals surface area contributed by atoms with Gasteiger partial charge in [-0.2, -0.15) is 5.10 Å². The van der Waals surface area contributed by atoms with Gasteiger partial charge in [0.25, 0.3) is 5.91 Å². The van der Waals surface area contributed by atoms with E-state index in [4.69, 9.17) is 5.73 Å². The number of nitrogens with two attached hydrogens (primary N) is 1. The van der Waals surface area contributed by atoms with Crippen LogP contribution in [0.4, 0.5) is 5.69 Å². The van der Waals surface area contributed by atoms with Crippen LogP contribution in [0, 0.1) is 12.8 Å². The van der Waals surface area contributed by atoms with E-state index in [2.05, 4.69) is 10.4 Å². The molecule has 0 aliphatic carbocycles. The number of hydrogen-bond acceptors (Lipinski definition) is 4. The minimum atomic E-state index is -0.315.